The molecular weight excluding hydrogens is 356 g/mol. The summed E-state index contributed by atoms with van der Waals surface area (Å²) in [6.07, 6.45) is 5.01. The molecule has 5 rings (SSSR count). The average molecular weight is 376 g/mol. The molecule has 7 nitrogen and oxygen atoms in total. The minimum atomic E-state index is 0.248. The predicted molar refractivity (Wildman–Crippen MR) is 105 cm³/mol. The number of amidine groups is 1. The number of nitrogens with zero attached hydrogens (tertiary/aromatic N) is 4. The third kappa shape index (κ3) is 3.19. The van der Waals surface area contributed by atoms with Crippen LogP contribution in [0.3, 0.4) is 0 Å². The van der Waals surface area contributed by atoms with Crippen molar-refractivity contribution in [1.82, 2.24) is 14.9 Å². The quantitative estimate of drug-likeness (QED) is 0.395. The number of piperidine rings is 1. The molecule has 0 bridgehead atoms. The van der Waals surface area contributed by atoms with Crippen molar-refractivity contribution in [3.63, 3.8) is 0 Å². The van der Waals surface area contributed by atoms with Crippen molar-refractivity contribution >= 4 is 16.7 Å². The fourth-order valence-corrected chi connectivity index (χ4v) is 3.57. The zero-order chi connectivity index (χ0) is 18.8. The molecule has 2 aliphatic heterocycles. The number of aromatic nitrogens is 2. The molecule has 7 heteroatoms. The Kier molecular flexibility index (Phi) is 4.40. The summed E-state index contributed by atoms with van der Waals surface area (Å²) < 4.78 is 11.0. The van der Waals surface area contributed by atoms with Crippen molar-refractivity contribution in [1.29, 1.82) is 0 Å². The van der Waals surface area contributed by atoms with Crippen molar-refractivity contribution < 1.29 is 14.3 Å². The fourth-order valence-electron chi connectivity index (χ4n) is 3.57. The molecule has 3 heterocycles. The molecule has 3 aromatic rings. The summed E-state index contributed by atoms with van der Waals surface area (Å²) in [4.78, 5) is 16.6. The summed E-state index contributed by atoms with van der Waals surface area (Å²) in [6.45, 7) is 2.14. The van der Waals surface area contributed by atoms with Gasteiger partial charge in [-0.2, -0.15) is 4.98 Å². The van der Waals surface area contributed by atoms with Gasteiger partial charge < -0.3 is 19.2 Å². The smallest absolute Gasteiger partial charge is 0.259 e. The number of oxime groups is 1. The van der Waals surface area contributed by atoms with Crippen molar-refractivity contribution in [2.45, 2.75) is 19.3 Å². The molecule has 0 atom stereocenters. The maximum absolute atomic E-state index is 5.83. The minimum Gasteiger partial charge on any atom is -0.454 e. The van der Waals surface area contributed by atoms with Crippen LogP contribution in [0.15, 0.2) is 53.9 Å². The summed E-state index contributed by atoms with van der Waals surface area (Å²) in [6, 6.07) is 13.6. The van der Waals surface area contributed by atoms with Gasteiger partial charge in [-0.1, -0.05) is 17.3 Å². The van der Waals surface area contributed by atoms with Crippen LogP contribution < -0.4 is 14.3 Å². The molecule has 0 amide bonds. The van der Waals surface area contributed by atoms with Gasteiger partial charge in [-0.15, -0.1) is 0 Å². The van der Waals surface area contributed by atoms with E-state index in [9.17, 15) is 0 Å². The van der Waals surface area contributed by atoms with Crippen LogP contribution in [0, 0.1) is 0 Å². The van der Waals surface area contributed by atoms with Crippen LogP contribution >= 0.6 is 0 Å². The van der Waals surface area contributed by atoms with Crippen LogP contribution in [0.5, 0.6) is 17.4 Å². The van der Waals surface area contributed by atoms with Crippen molar-refractivity contribution in [3.05, 3.63) is 54.4 Å². The van der Waals surface area contributed by atoms with E-state index in [4.69, 9.17) is 14.3 Å². The van der Waals surface area contributed by atoms with Gasteiger partial charge in [-0.05, 0) is 49.6 Å². The highest BCUT2D eigenvalue weighted by atomic mass is 16.7. The summed E-state index contributed by atoms with van der Waals surface area (Å²) in [5.74, 6) is 2.71. The van der Waals surface area contributed by atoms with Crippen molar-refractivity contribution in [3.8, 4) is 17.4 Å². The molecule has 1 aromatic heterocycles. The molecule has 0 unspecified atom stereocenters. The van der Waals surface area contributed by atoms with E-state index < -0.39 is 0 Å². The summed E-state index contributed by atoms with van der Waals surface area (Å²) in [7, 11) is 0. The number of fused-ring (bicyclic) bond motifs is 2. The van der Waals surface area contributed by atoms with Crippen LogP contribution in [-0.2, 0) is 0 Å². The Hall–Kier alpha value is -3.35. The first-order valence-corrected chi connectivity index (χ1v) is 9.48. The van der Waals surface area contributed by atoms with E-state index in [1.807, 2.05) is 42.5 Å². The largest absolute Gasteiger partial charge is 0.454 e. The van der Waals surface area contributed by atoms with Crippen molar-refractivity contribution in [2.24, 2.45) is 5.16 Å². The molecule has 0 N–H and O–H groups in total. The predicted octanol–water partition coefficient (Wildman–Crippen LogP) is 3.59. The van der Waals surface area contributed by atoms with Gasteiger partial charge in [0.15, 0.2) is 17.3 Å². The summed E-state index contributed by atoms with van der Waals surface area (Å²) in [5, 5.41) is 5.35. The van der Waals surface area contributed by atoms with Crippen LogP contribution in [0.1, 0.15) is 24.8 Å². The van der Waals surface area contributed by atoms with E-state index in [1.165, 1.54) is 12.7 Å². The zero-order valence-electron chi connectivity index (χ0n) is 15.4. The second-order valence-corrected chi connectivity index (χ2v) is 6.82. The number of rotatable bonds is 3. The van der Waals surface area contributed by atoms with Gasteiger partial charge in [0.25, 0.3) is 5.88 Å². The zero-order valence-corrected chi connectivity index (χ0v) is 15.4. The lowest BCUT2D eigenvalue weighted by Gasteiger charge is -2.29. The third-order valence-corrected chi connectivity index (χ3v) is 5.01. The lowest BCUT2D eigenvalue weighted by Crippen LogP contribution is -2.36. The van der Waals surface area contributed by atoms with Gasteiger partial charge in [-0.3, -0.25) is 0 Å². The van der Waals surface area contributed by atoms with E-state index in [2.05, 4.69) is 20.0 Å². The van der Waals surface area contributed by atoms with Gasteiger partial charge >= 0.3 is 0 Å². The minimum absolute atomic E-state index is 0.248. The average Bonchev–Trinajstić information content (AvgIpc) is 3.23. The van der Waals surface area contributed by atoms with E-state index in [0.717, 1.165) is 59.7 Å². The molecule has 0 spiro atoms. The second-order valence-electron chi connectivity index (χ2n) is 6.82. The van der Waals surface area contributed by atoms with Gasteiger partial charge in [0.05, 0.1) is 10.9 Å². The molecule has 28 heavy (non-hydrogen) atoms. The van der Waals surface area contributed by atoms with E-state index in [1.54, 1.807) is 0 Å². The highest BCUT2D eigenvalue weighted by Crippen LogP contribution is 2.33. The van der Waals surface area contributed by atoms with Gasteiger partial charge in [-0.25, -0.2) is 4.98 Å². The monoisotopic (exact) mass is 376 g/mol. The molecule has 142 valence electrons. The standard InChI is InChI=1S/C21H20N4O3/c1-4-10-25(11-5-1)20(15-8-9-18-19(12-15)27-14-26-18)24-28-21-16-6-2-3-7-17(16)22-13-23-21/h2-3,6-9,12-13H,1,4-5,10-11,14H2/b24-20+. The van der Waals surface area contributed by atoms with Crippen LogP contribution in [0.2, 0.25) is 0 Å². The Morgan fingerprint density at radius 3 is 2.75 bits per heavy atom. The molecule has 0 radical (unpaired) electrons. The maximum atomic E-state index is 5.83. The van der Waals surface area contributed by atoms with Gasteiger partial charge in [0.2, 0.25) is 6.79 Å². The molecule has 0 saturated carbocycles. The Morgan fingerprint density at radius 2 is 1.82 bits per heavy atom. The number of likely N-dealkylation sites (tertiary alicyclic amines) is 1. The van der Waals surface area contributed by atoms with Crippen LogP contribution in [-0.4, -0.2) is 40.6 Å². The summed E-state index contributed by atoms with van der Waals surface area (Å²) >= 11 is 0. The maximum Gasteiger partial charge on any atom is 0.259 e. The van der Waals surface area contributed by atoms with Crippen molar-refractivity contribution in [2.75, 3.05) is 19.9 Å². The lowest BCUT2D eigenvalue weighted by atomic mass is 10.1. The van der Waals surface area contributed by atoms with E-state index >= 15 is 0 Å². The molecule has 0 aliphatic carbocycles. The molecule has 1 saturated heterocycles. The lowest BCUT2D eigenvalue weighted by molar-refractivity contribution is 0.174. The van der Waals surface area contributed by atoms with E-state index in [-0.39, 0.29) is 6.79 Å². The SMILES string of the molecule is c1ccc2c(O/N=C(\c3ccc4c(c3)OCO4)N3CCCCC3)ncnc2c1. The Labute approximate surface area is 162 Å². The Morgan fingerprint density at radius 1 is 0.964 bits per heavy atom. The Bertz CT molecular complexity index is 1030. The number of ether oxygens (including phenoxy) is 2. The van der Waals surface area contributed by atoms with Gasteiger partial charge in [0.1, 0.15) is 6.33 Å². The first-order chi connectivity index (χ1) is 13.9. The summed E-state index contributed by atoms with van der Waals surface area (Å²) in [5.41, 5.74) is 1.76. The first kappa shape index (κ1) is 16.8. The Balaban J connectivity index is 1.52. The molecule has 1 fully saturated rings. The topological polar surface area (TPSA) is 69.1 Å². The molecular formula is C21H20N4O3. The number of benzene rings is 2. The molecule has 2 aliphatic rings. The first-order valence-electron chi connectivity index (χ1n) is 9.48. The van der Waals surface area contributed by atoms with E-state index in [0.29, 0.717) is 5.88 Å². The number of hydrogen-bond acceptors (Lipinski definition) is 6. The number of hydrogen-bond donors (Lipinski definition) is 0. The van der Waals surface area contributed by atoms with Crippen LogP contribution in [0.25, 0.3) is 10.9 Å². The fraction of sp³-hybridized carbons (Fsp3) is 0.286. The van der Waals surface area contributed by atoms with Gasteiger partial charge in [0, 0.05) is 18.7 Å². The highest BCUT2D eigenvalue weighted by molar-refractivity contribution is 5.99. The normalized spacial score (nSPS) is 16.4. The molecule has 2 aromatic carbocycles. The third-order valence-electron chi connectivity index (χ3n) is 5.01. The highest BCUT2D eigenvalue weighted by Gasteiger charge is 2.21. The number of para-hydroxylation sites is 1. The van der Waals surface area contributed by atoms with Crippen LogP contribution in [0.4, 0.5) is 0 Å². The second kappa shape index (κ2) is 7.34.